The van der Waals surface area contributed by atoms with Crippen LogP contribution in [0.1, 0.15) is 0 Å². The van der Waals surface area contributed by atoms with E-state index in [0.29, 0.717) is 0 Å². The summed E-state index contributed by atoms with van der Waals surface area (Å²) in [4.78, 5) is 0. The zero-order valence-corrected chi connectivity index (χ0v) is 9.15. The average Bonchev–Trinajstić information content (AvgIpc) is 2.29. The number of rotatable bonds is 5. The molecule has 94 valence electrons. The number of methoxy groups -OCH3 is 1. The van der Waals surface area contributed by atoms with Crippen LogP contribution in [0.3, 0.4) is 0 Å². The molecule has 0 spiro atoms. The fraction of sp³-hybridized carbons (Fsp3) is 0.800. The Morgan fingerprint density at radius 2 is 2.06 bits per heavy atom. The van der Waals surface area contributed by atoms with Crippen molar-refractivity contribution in [3.05, 3.63) is 12.7 Å². The Morgan fingerprint density at radius 1 is 1.38 bits per heavy atom. The Morgan fingerprint density at radius 3 is 2.56 bits per heavy atom. The molecule has 0 aromatic heterocycles. The molecule has 1 saturated heterocycles. The third-order valence-electron chi connectivity index (χ3n) is 2.46. The minimum atomic E-state index is -1.11. The molecule has 0 saturated carbocycles. The van der Waals surface area contributed by atoms with Crippen molar-refractivity contribution in [1.82, 2.24) is 0 Å². The maximum atomic E-state index is 9.79. The summed E-state index contributed by atoms with van der Waals surface area (Å²) in [5, 5.41) is 28.6. The minimum Gasteiger partial charge on any atom is -0.394 e. The second-order valence-electron chi connectivity index (χ2n) is 3.53. The molecule has 1 fully saturated rings. The Hall–Kier alpha value is -0.500. The Labute approximate surface area is 94.1 Å². The van der Waals surface area contributed by atoms with Gasteiger partial charge in [0, 0.05) is 7.11 Å². The standard InChI is InChI=1S/C10H18O6/c1-3-4-15-9-7(12)6(5-11)16-10(14-2)8(9)13/h3,6-13H,1,4-5H2,2H3/t6?,7-,8-,9?,10-/m0/s1. The second-order valence-corrected chi connectivity index (χ2v) is 3.53. The summed E-state index contributed by atoms with van der Waals surface area (Å²) >= 11 is 0. The van der Waals surface area contributed by atoms with Crippen molar-refractivity contribution >= 4 is 0 Å². The Balaban J connectivity index is 2.70. The molecule has 1 rings (SSSR count). The molecule has 1 aliphatic rings. The summed E-state index contributed by atoms with van der Waals surface area (Å²) in [5.74, 6) is 0. The first-order valence-electron chi connectivity index (χ1n) is 5.03. The first-order valence-corrected chi connectivity index (χ1v) is 5.03. The third-order valence-corrected chi connectivity index (χ3v) is 2.46. The predicted molar refractivity (Wildman–Crippen MR) is 54.7 cm³/mol. The van der Waals surface area contributed by atoms with E-state index >= 15 is 0 Å². The number of aliphatic hydroxyl groups excluding tert-OH is 3. The van der Waals surface area contributed by atoms with Gasteiger partial charge in [-0.05, 0) is 0 Å². The largest absolute Gasteiger partial charge is 0.394 e. The molecule has 0 bridgehead atoms. The Bertz CT molecular complexity index is 205. The maximum Gasteiger partial charge on any atom is 0.186 e. The smallest absolute Gasteiger partial charge is 0.186 e. The lowest BCUT2D eigenvalue weighted by Crippen LogP contribution is -2.59. The van der Waals surface area contributed by atoms with E-state index in [1.54, 1.807) is 0 Å². The summed E-state index contributed by atoms with van der Waals surface area (Å²) < 4.78 is 15.3. The zero-order valence-electron chi connectivity index (χ0n) is 9.15. The van der Waals surface area contributed by atoms with Crippen molar-refractivity contribution in [3.8, 4) is 0 Å². The van der Waals surface area contributed by atoms with Crippen molar-refractivity contribution in [2.75, 3.05) is 20.3 Å². The molecule has 16 heavy (non-hydrogen) atoms. The van der Waals surface area contributed by atoms with Crippen LogP contribution in [0.15, 0.2) is 12.7 Å². The first kappa shape index (κ1) is 13.6. The number of hydrogen-bond donors (Lipinski definition) is 3. The van der Waals surface area contributed by atoms with Gasteiger partial charge < -0.3 is 29.5 Å². The highest BCUT2D eigenvalue weighted by Gasteiger charge is 2.45. The SMILES string of the molecule is C=CCOC1[C@@H](O)C(CO)O[C@H](OC)[C@H]1O. The molecule has 1 aliphatic heterocycles. The van der Waals surface area contributed by atoms with Crippen LogP contribution in [-0.4, -0.2) is 66.3 Å². The van der Waals surface area contributed by atoms with Crippen molar-refractivity contribution in [1.29, 1.82) is 0 Å². The molecule has 5 atom stereocenters. The van der Waals surface area contributed by atoms with E-state index in [4.69, 9.17) is 19.3 Å². The molecule has 1 heterocycles. The van der Waals surface area contributed by atoms with E-state index in [-0.39, 0.29) is 13.2 Å². The number of hydrogen-bond acceptors (Lipinski definition) is 6. The zero-order chi connectivity index (χ0) is 12.1. The van der Waals surface area contributed by atoms with Crippen molar-refractivity contribution in [2.24, 2.45) is 0 Å². The molecule has 0 aromatic rings. The molecule has 6 nitrogen and oxygen atoms in total. The van der Waals surface area contributed by atoms with E-state index in [1.165, 1.54) is 13.2 Å². The van der Waals surface area contributed by atoms with Crippen molar-refractivity contribution in [3.63, 3.8) is 0 Å². The number of aliphatic hydroxyl groups is 3. The van der Waals surface area contributed by atoms with Crippen LogP contribution in [0, 0.1) is 0 Å². The number of ether oxygens (including phenoxy) is 3. The summed E-state index contributed by atoms with van der Waals surface area (Å²) in [7, 11) is 1.37. The van der Waals surface area contributed by atoms with E-state index in [0.717, 1.165) is 0 Å². The van der Waals surface area contributed by atoms with E-state index in [1.807, 2.05) is 0 Å². The van der Waals surface area contributed by atoms with E-state index in [2.05, 4.69) is 6.58 Å². The van der Waals surface area contributed by atoms with Gasteiger partial charge in [0.05, 0.1) is 13.2 Å². The molecule has 6 heteroatoms. The summed E-state index contributed by atoms with van der Waals surface area (Å²) in [6, 6.07) is 0. The van der Waals surface area contributed by atoms with Gasteiger partial charge in [-0.25, -0.2) is 0 Å². The lowest BCUT2D eigenvalue weighted by Gasteiger charge is -2.41. The highest BCUT2D eigenvalue weighted by Crippen LogP contribution is 2.23. The predicted octanol–water partition coefficient (Wildman–Crippen LogP) is -1.36. The molecule has 0 aromatic carbocycles. The van der Waals surface area contributed by atoms with Crippen LogP contribution in [0.5, 0.6) is 0 Å². The van der Waals surface area contributed by atoms with Crippen molar-refractivity contribution in [2.45, 2.75) is 30.7 Å². The molecule has 2 unspecified atom stereocenters. The molecular weight excluding hydrogens is 216 g/mol. The van der Waals surface area contributed by atoms with Gasteiger partial charge in [-0.1, -0.05) is 6.08 Å². The maximum absolute atomic E-state index is 9.79. The molecule has 0 radical (unpaired) electrons. The summed E-state index contributed by atoms with van der Waals surface area (Å²) in [6.07, 6.45) is -3.33. The topological polar surface area (TPSA) is 88.4 Å². The van der Waals surface area contributed by atoms with Crippen LogP contribution in [0.4, 0.5) is 0 Å². The molecule has 3 N–H and O–H groups in total. The quantitative estimate of drug-likeness (QED) is 0.509. The fourth-order valence-corrected chi connectivity index (χ4v) is 1.62. The van der Waals surface area contributed by atoms with E-state index < -0.39 is 30.7 Å². The summed E-state index contributed by atoms with van der Waals surface area (Å²) in [5.41, 5.74) is 0. The monoisotopic (exact) mass is 234 g/mol. The lowest BCUT2D eigenvalue weighted by atomic mass is 9.99. The van der Waals surface area contributed by atoms with Crippen LogP contribution in [-0.2, 0) is 14.2 Å². The van der Waals surface area contributed by atoms with Gasteiger partial charge in [0.15, 0.2) is 6.29 Å². The highest BCUT2D eigenvalue weighted by atomic mass is 16.7. The van der Waals surface area contributed by atoms with Gasteiger partial charge in [-0.2, -0.15) is 0 Å². The lowest BCUT2D eigenvalue weighted by molar-refractivity contribution is -0.300. The van der Waals surface area contributed by atoms with Crippen LogP contribution < -0.4 is 0 Å². The molecular formula is C10H18O6. The van der Waals surface area contributed by atoms with Crippen LogP contribution in [0.2, 0.25) is 0 Å². The van der Waals surface area contributed by atoms with E-state index in [9.17, 15) is 10.2 Å². The summed E-state index contributed by atoms with van der Waals surface area (Å²) in [6.45, 7) is 3.29. The van der Waals surface area contributed by atoms with Gasteiger partial charge in [0.1, 0.15) is 24.4 Å². The average molecular weight is 234 g/mol. The van der Waals surface area contributed by atoms with Gasteiger partial charge in [0.25, 0.3) is 0 Å². The normalized spacial score (nSPS) is 39.6. The second kappa shape index (κ2) is 6.29. The molecule has 0 aliphatic carbocycles. The van der Waals surface area contributed by atoms with Crippen LogP contribution >= 0.6 is 0 Å². The molecule has 0 amide bonds. The fourth-order valence-electron chi connectivity index (χ4n) is 1.62. The first-order chi connectivity index (χ1) is 7.65. The van der Waals surface area contributed by atoms with Gasteiger partial charge in [0.2, 0.25) is 0 Å². The minimum absolute atomic E-state index is 0.188. The van der Waals surface area contributed by atoms with Gasteiger partial charge >= 0.3 is 0 Å². The Kier molecular flexibility index (Phi) is 5.33. The van der Waals surface area contributed by atoms with Gasteiger partial charge in [-0.15, -0.1) is 6.58 Å². The van der Waals surface area contributed by atoms with Crippen molar-refractivity contribution < 1.29 is 29.5 Å². The highest BCUT2D eigenvalue weighted by molar-refractivity contribution is 4.90. The van der Waals surface area contributed by atoms with Gasteiger partial charge in [-0.3, -0.25) is 0 Å². The third kappa shape index (κ3) is 2.79. The van der Waals surface area contributed by atoms with Crippen LogP contribution in [0.25, 0.3) is 0 Å².